The highest BCUT2D eigenvalue weighted by molar-refractivity contribution is 7.92. The number of rotatable bonds is 6. The fourth-order valence-corrected chi connectivity index (χ4v) is 6.57. The zero-order chi connectivity index (χ0) is 28.5. The molecule has 2 fully saturated rings. The molecule has 40 heavy (non-hydrogen) atoms. The number of aromatic nitrogens is 2. The monoisotopic (exact) mass is 573 g/mol. The van der Waals surface area contributed by atoms with Gasteiger partial charge in [-0.15, -0.1) is 5.10 Å². The van der Waals surface area contributed by atoms with E-state index >= 15 is 0 Å². The molecule has 2 aliphatic heterocycles. The van der Waals surface area contributed by atoms with E-state index in [-0.39, 0.29) is 48.2 Å². The summed E-state index contributed by atoms with van der Waals surface area (Å²) < 4.78 is 65.5. The van der Waals surface area contributed by atoms with Gasteiger partial charge < -0.3 is 15.1 Å². The van der Waals surface area contributed by atoms with E-state index in [1.54, 1.807) is 12.3 Å². The highest BCUT2D eigenvalue weighted by Gasteiger charge is 2.36. The van der Waals surface area contributed by atoms with Crippen molar-refractivity contribution in [2.24, 2.45) is 5.92 Å². The Bertz CT molecular complexity index is 1490. The normalized spacial score (nSPS) is 16.9. The third-order valence-electron chi connectivity index (χ3n) is 7.19. The fourth-order valence-electron chi connectivity index (χ4n) is 4.84. The van der Waals surface area contributed by atoms with E-state index in [9.17, 15) is 31.2 Å². The first-order valence-electron chi connectivity index (χ1n) is 12.7. The van der Waals surface area contributed by atoms with E-state index in [1.165, 1.54) is 41.3 Å². The van der Waals surface area contributed by atoms with E-state index in [2.05, 4.69) is 15.5 Å². The molecule has 9 nitrogen and oxygen atoms in total. The quantitative estimate of drug-likeness (QED) is 0.479. The van der Waals surface area contributed by atoms with Gasteiger partial charge in [-0.1, -0.05) is 6.07 Å². The number of hydrogen-bond acceptors (Lipinski definition) is 7. The van der Waals surface area contributed by atoms with E-state index in [4.69, 9.17) is 0 Å². The summed E-state index contributed by atoms with van der Waals surface area (Å²) in [6.45, 7) is 1.23. The summed E-state index contributed by atoms with van der Waals surface area (Å²) >= 11 is 0. The second-order valence-electron chi connectivity index (χ2n) is 9.81. The Morgan fingerprint density at radius 1 is 0.950 bits per heavy atom. The number of nitrogens with zero attached hydrogens (tertiary/aromatic N) is 4. The minimum atomic E-state index is -4.56. The largest absolute Gasteiger partial charge is 0.416 e. The van der Waals surface area contributed by atoms with Crippen LogP contribution in [-0.2, 0) is 20.8 Å². The predicted octanol–water partition coefficient (Wildman–Crippen LogP) is 3.65. The standard InChI is InChI=1S/C27H26F3N5O4S/c28-27(29,30)20-4-1-3-18(15-20)26(37)34-13-10-23(11-14-34)40(38,39)22-8-6-21(7-9-22)32-25(36)19-16-35(17-19)24-5-2-12-31-33-24/h1-9,12,15,19,23H,10-11,13-14,16-17H2,(H,32,36). The molecule has 2 saturated heterocycles. The molecular formula is C27H26F3N5O4S. The molecule has 2 aliphatic rings. The number of likely N-dealkylation sites (tertiary alicyclic amines) is 1. The molecular weight excluding hydrogens is 547 g/mol. The van der Waals surface area contributed by atoms with E-state index in [0.29, 0.717) is 24.6 Å². The molecule has 0 atom stereocenters. The van der Waals surface area contributed by atoms with Gasteiger partial charge in [0, 0.05) is 43.6 Å². The van der Waals surface area contributed by atoms with Crippen LogP contribution in [0.25, 0.3) is 0 Å². The Morgan fingerprint density at radius 2 is 1.65 bits per heavy atom. The van der Waals surface area contributed by atoms with Crippen LogP contribution in [0, 0.1) is 5.92 Å². The summed E-state index contributed by atoms with van der Waals surface area (Å²) in [4.78, 5) is 28.8. The number of carbonyl (C=O) groups is 2. The third-order valence-corrected chi connectivity index (χ3v) is 9.47. The molecule has 210 valence electrons. The van der Waals surface area contributed by atoms with Crippen molar-refractivity contribution in [3.05, 3.63) is 78.0 Å². The first-order chi connectivity index (χ1) is 19.0. The summed E-state index contributed by atoms with van der Waals surface area (Å²) in [5, 5.41) is 9.92. The second kappa shape index (κ2) is 10.9. The lowest BCUT2D eigenvalue weighted by Gasteiger charge is -2.38. The molecule has 0 aliphatic carbocycles. The number of nitrogens with one attached hydrogen (secondary N) is 1. The molecule has 3 aromatic rings. The van der Waals surface area contributed by atoms with Crippen molar-refractivity contribution >= 4 is 33.2 Å². The Morgan fingerprint density at radius 3 is 2.27 bits per heavy atom. The number of sulfone groups is 1. The van der Waals surface area contributed by atoms with Crippen LogP contribution in [0.3, 0.4) is 0 Å². The summed E-state index contributed by atoms with van der Waals surface area (Å²) in [5.41, 5.74) is -0.521. The lowest BCUT2D eigenvalue weighted by Crippen LogP contribution is -2.52. The molecule has 2 aromatic carbocycles. The van der Waals surface area contributed by atoms with Gasteiger partial charge in [-0.2, -0.15) is 18.3 Å². The molecule has 13 heteroatoms. The number of carbonyl (C=O) groups excluding carboxylic acids is 2. The lowest BCUT2D eigenvalue weighted by atomic mass is 9.99. The number of amides is 2. The van der Waals surface area contributed by atoms with E-state index in [1.807, 2.05) is 11.0 Å². The van der Waals surface area contributed by atoms with Gasteiger partial charge in [0.05, 0.1) is 21.6 Å². The smallest absolute Gasteiger partial charge is 0.353 e. The number of piperidine rings is 1. The van der Waals surface area contributed by atoms with Crippen LogP contribution in [0.5, 0.6) is 0 Å². The average molecular weight is 574 g/mol. The third kappa shape index (κ3) is 5.79. The number of benzene rings is 2. The molecule has 0 saturated carbocycles. The maximum atomic E-state index is 13.2. The van der Waals surface area contributed by atoms with Gasteiger partial charge in [0.15, 0.2) is 15.7 Å². The SMILES string of the molecule is O=C(Nc1ccc(S(=O)(=O)C2CCN(C(=O)c3cccc(C(F)(F)F)c3)CC2)cc1)C1CN(c2cccnn2)C1. The van der Waals surface area contributed by atoms with Crippen LogP contribution in [-0.4, -0.2) is 66.8 Å². The summed E-state index contributed by atoms with van der Waals surface area (Å²) in [6.07, 6.45) is -2.66. The van der Waals surface area contributed by atoms with E-state index < -0.39 is 32.7 Å². The van der Waals surface area contributed by atoms with E-state index in [0.717, 1.165) is 12.1 Å². The molecule has 0 unspecified atom stereocenters. The molecule has 0 bridgehead atoms. The Labute approximate surface area is 228 Å². The Hall–Kier alpha value is -4.00. The van der Waals surface area contributed by atoms with Crippen LogP contribution < -0.4 is 10.2 Å². The fraction of sp³-hybridized carbons (Fsp3) is 0.333. The van der Waals surface area contributed by atoms with Gasteiger partial charge in [-0.05, 0) is 67.4 Å². The molecule has 1 aromatic heterocycles. The number of halogens is 3. The van der Waals surface area contributed by atoms with Gasteiger partial charge in [0.2, 0.25) is 5.91 Å². The molecule has 2 amide bonds. The van der Waals surface area contributed by atoms with Crippen molar-refractivity contribution in [3.63, 3.8) is 0 Å². The number of alkyl halides is 3. The predicted molar refractivity (Wildman–Crippen MR) is 140 cm³/mol. The minimum Gasteiger partial charge on any atom is -0.353 e. The Kier molecular flexibility index (Phi) is 7.49. The highest BCUT2D eigenvalue weighted by Crippen LogP contribution is 2.31. The minimum absolute atomic E-state index is 0.0860. The van der Waals surface area contributed by atoms with Crippen molar-refractivity contribution in [2.45, 2.75) is 29.2 Å². The number of anilines is 2. The van der Waals surface area contributed by atoms with Gasteiger partial charge in [-0.25, -0.2) is 8.42 Å². The average Bonchev–Trinajstić information content (AvgIpc) is 2.92. The molecule has 1 N–H and O–H groups in total. The van der Waals surface area contributed by atoms with Crippen LogP contribution in [0.15, 0.2) is 71.8 Å². The molecule has 0 spiro atoms. The zero-order valence-electron chi connectivity index (χ0n) is 21.2. The summed E-state index contributed by atoms with van der Waals surface area (Å²) in [5.74, 6) is -0.261. The van der Waals surface area contributed by atoms with Crippen LogP contribution in [0.4, 0.5) is 24.7 Å². The van der Waals surface area contributed by atoms with Crippen molar-refractivity contribution in [3.8, 4) is 0 Å². The van der Waals surface area contributed by atoms with Crippen LogP contribution in [0.1, 0.15) is 28.8 Å². The topological polar surface area (TPSA) is 113 Å². The maximum Gasteiger partial charge on any atom is 0.416 e. The van der Waals surface area contributed by atoms with Crippen molar-refractivity contribution in [1.29, 1.82) is 0 Å². The Balaban J connectivity index is 1.14. The first-order valence-corrected chi connectivity index (χ1v) is 14.2. The van der Waals surface area contributed by atoms with Crippen LogP contribution >= 0.6 is 0 Å². The van der Waals surface area contributed by atoms with Crippen molar-refractivity contribution in [2.75, 3.05) is 36.4 Å². The van der Waals surface area contributed by atoms with Gasteiger partial charge in [0.25, 0.3) is 5.91 Å². The van der Waals surface area contributed by atoms with Gasteiger partial charge in [-0.3, -0.25) is 9.59 Å². The lowest BCUT2D eigenvalue weighted by molar-refractivity contribution is -0.137. The first kappa shape index (κ1) is 27.6. The summed E-state index contributed by atoms with van der Waals surface area (Å²) in [6, 6.07) is 13.8. The number of hydrogen-bond donors (Lipinski definition) is 1. The van der Waals surface area contributed by atoms with Crippen molar-refractivity contribution in [1.82, 2.24) is 15.1 Å². The maximum absolute atomic E-state index is 13.2. The zero-order valence-corrected chi connectivity index (χ0v) is 22.0. The molecule has 3 heterocycles. The van der Waals surface area contributed by atoms with Gasteiger partial charge >= 0.3 is 6.18 Å². The molecule has 5 rings (SSSR count). The second-order valence-corrected chi connectivity index (χ2v) is 12.0. The molecule has 0 radical (unpaired) electrons. The highest BCUT2D eigenvalue weighted by atomic mass is 32.2. The van der Waals surface area contributed by atoms with Gasteiger partial charge in [0.1, 0.15) is 0 Å². The van der Waals surface area contributed by atoms with Crippen molar-refractivity contribution < 1.29 is 31.2 Å². The summed E-state index contributed by atoms with van der Waals surface area (Å²) in [7, 11) is -3.71. The van der Waals surface area contributed by atoms with Crippen LogP contribution in [0.2, 0.25) is 0 Å².